The van der Waals surface area contributed by atoms with Gasteiger partial charge in [-0.3, -0.25) is 9.59 Å². The minimum absolute atomic E-state index is 0.0520. The molecule has 0 radical (unpaired) electrons. The van der Waals surface area contributed by atoms with Gasteiger partial charge in [-0.05, 0) is 242 Å². The molecule has 7 aliphatic carbocycles. The molecular weight excluding hydrogens is 953 g/mol. The Balaban J connectivity index is 0.000000307. The van der Waals surface area contributed by atoms with Crippen molar-refractivity contribution in [3.63, 3.8) is 0 Å². The smallest absolute Gasteiger partial charge is 0.158 e. The number of ketones is 2. The zero-order chi connectivity index (χ0) is 58.7. The maximum atomic E-state index is 11.3. The predicted molar refractivity (Wildman–Crippen MR) is 326 cm³/mol. The Labute approximate surface area is 472 Å². The summed E-state index contributed by atoms with van der Waals surface area (Å²) in [6, 6.07) is 0. The Bertz CT molecular complexity index is 2080. The molecule has 0 aromatic carbocycles. The van der Waals surface area contributed by atoms with Gasteiger partial charge in [0.05, 0.1) is 23.9 Å². The summed E-state index contributed by atoms with van der Waals surface area (Å²) in [5.74, 6) is 5.40. The highest BCUT2D eigenvalue weighted by Crippen LogP contribution is 2.50. The zero-order valence-corrected chi connectivity index (χ0v) is 51.7. The SMILES string of the molecule is C=C(C)C1CC=C(C)C(=O)C1.C=C(C)C1CC=C(C)C(O)C1.C=C(C)C1CCC(C)(C=O)C1.C=C(C)C1CCC(C)(CO)C1.C=C(C)C1CCC(C)C(=O)C1.C=C(C)C1CCC(C)C(O)C1.C=C(C)C1CCC2(C)OC2C1. The number of epoxide rings is 1. The summed E-state index contributed by atoms with van der Waals surface area (Å²) in [6.45, 7) is 56.6. The van der Waals surface area contributed by atoms with E-state index in [1.807, 2.05) is 54.5 Å². The van der Waals surface area contributed by atoms with Crippen molar-refractivity contribution in [1.82, 2.24) is 0 Å². The minimum Gasteiger partial charge on any atom is -0.396 e. The second kappa shape index (κ2) is 32.1. The molecule has 8 aliphatic rings. The van der Waals surface area contributed by atoms with Gasteiger partial charge in [0.15, 0.2) is 5.78 Å². The normalized spacial score (nSPS) is 35.6. The molecule has 0 amide bonds. The molecule has 436 valence electrons. The van der Waals surface area contributed by atoms with Crippen LogP contribution in [0.3, 0.4) is 0 Å². The van der Waals surface area contributed by atoms with E-state index in [1.54, 1.807) is 0 Å². The van der Waals surface area contributed by atoms with Crippen LogP contribution >= 0.6 is 0 Å². The summed E-state index contributed by atoms with van der Waals surface area (Å²) in [7, 11) is 0. The van der Waals surface area contributed by atoms with Crippen LogP contribution in [-0.4, -0.2) is 63.7 Å². The third-order valence-corrected chi connectivity index (χ3v) is 19.1. The van der Waals surface area contributed by atoms with Crippen LogP contribution in [0.1, 0.15) is 219 Å². The van der Waals surface area contributed by atoms with Gasteiger partial charge in [0, 0.05) is 30.8 Å². The lowest BCUT2D eigenvalue weighted by Crippen LogP contribution is -2.27. The molecule has 0 aromatic rings. The van der Waals surface area contributed by atoms with Crippen molar-refractivity contribution in [1.29, 1.82) is 0 Å². The molecule has 3 N–H and O–H groups in total. The number of aldehydes is 1. The molecule has 7 nitrogen and oxygen atoms in total. The summed E-state index contributed by atoms with van der Waals surface area (Å²) >= 11 is 0. The summed E-state index contributed by atoms with van der Waals surface area (Å²) in [5, 5.41) is 28.1. The van der Waals surface area contributed by atoms with Gasteiger partial charge in [-0.1, -0.05) is 125 Å². The molecule has 6 fully saturated rings. The van der Waals surface area contributed by atoms with Gasteiger partial charge >= 0.3 is 0 Å². The van der Waals surface area contributed by atoms with Crippen molar-refractivity contribution in [2.45, 2.75) is 243 Å². The molecular formula is C70H114O7. The van der Waals surface area contributed by atoms with E-state index in [9.17, 15) is 24.6 Å². The van der Waals surface area contributed by atoms with Crippen LogP contribution in [0.25, 0.3) is 0 Å². The fraction of sp³-hybridized carbons (Fsp3) is 0.700. The molecule has 15 atom stereocenters. The quantitative estimate of drug-likeness (QED) is 0.119. The molecule has 1 saturated heterocycles. The van der Waals surface area contributed by atoms with Gasteiger partial charge in [0.25, 0.3) is 0 Å². The van der Waals surface area contributed by atoms with Crippen molar-refractivity contribution in [3.05, 3.63) is 108 Å². The van der Waals surface area contributed by atoms with E-state index in [1.165, 1.54) is 65.5 Å². The summed E-state index contributed by atoms with van der Waals surface area (Å²) in [5.41, 5.74) is 11.0. The standard InChI is InChI=1S/C10H16O.C10H18O.C10H16O.C10H18O.2C10H16O.C10H14O/c1-7(2)8-4-5-10(3)9(6-8)11-10;2*1-8(2)9-4-5-10(3,6-9)7-11;4*1-7(2)9-5-4-8(3)10(11)6-9/h8-9H,1,4-6H2,2-3H3;9,11H,1,4-7H2,2-3H3;7,9H,1,4-6H2,2-3H3;8-11H,1,4-6H2,2-3H3;8-9H,1,4-6H2,2-3H3;4,9-11H,1,5-6H2,2-3H3;4,9H,1,5-6H2,2-3H3. The molecule has 0 bridgehead atoms. The fourth-order valence-corrected chi connectivity index (χ4v) is 11.8. The lowest BCUT2D eigenvalue weighted by molar-refractivity contribution is -0.125. The van der Waals surface area contributed by atoms with Crippen molar-refractivity contribution >= 4 is 17.9 Å². The number of hydrogen-bond donors (Lipinski definition) is 3. The molecule has 15 unspecified atom stereocenters. The van der Waals surface area contributed by atoms with Gasteiger partial charge in [0.2, 0.25) is 0 Å². The molecule has 0 aromatic heterocycles. The maximum Gasteiger partial charge on any atom is 0.158 e. The van der Waals surface area contributed by atoms with Crippen molar-refractivity contribution < 1.29 is 34.4 Å². The Morgan fingerprint density at radius 3 is 1.51 bits per heavy atom. The Morgan fingerprint density at radius 2 is 1.09 bits per heavy atom. The van der Waals surface area contributed by atoms with Gasteiger partial charge < -0.3 is 24.9 Å². The molecule has 5 saturated carbocycles. The van der Waals surface area contributed by atoms with Crippen molar-refractivity contribution in [2.24, 2.45) is 64.1 Å². The first-order valence-corrected chi connectivity index (χ1v) is 29.8. The number of hydrogen-bond acceptors (Lipinski definition) is 7. The first kappa shape index (κ1) is 69.6. The maximum absolute atomic E-state index is 11.3. The van der Waals surface area contributed by atoms with Crippen molar-refractivity contribution in [2.75, 3.05) is 6.61 Å². The minimum atomic E-state index is -0.231. The van der Waals surface area contributed by atoms with Crippen LogP contribution < -0.4 is 0 Å². The van der Waals surface area contributed by atoms with Gasteiger partial charge in [-0.2, -0.15) is 0 Å². The number of aliphatic hydroxyl groups excluding tert-OH is 3. The number of allylic oxidation sites excluding steroid dienone is 10. The largest absolute Gasteiger partial charge is 0.396 e. The monoisotopic (exact) mass is 1070 g/mol. The topological polar surface area (TPSA) is 124 Å². The number of fused-ring (bicyclic) bond motifs is 1. The second-order valence-corrected chi connectivity index (χ2v) is 26.9. The van der Waals surface area contributed by atoms with Gasteiger partial charge in [-0.25, -0.2) is 0 Å². The highest BCUT2D eigenvalue weighted by Gasteiger charge is 2.55. The van der Waals surface area contributed by atoms with E-state index in [4.69, 9.17) is 9.84 Å². The van der Waals surface area contributed by atoms with Crippen LogP contribution in [0.2, 0.25) is 0 Å². The fourth-order valence-electron chi connectivity index (χ4n) is 11.8. The average Bonchev–Trinajstić information content (AvgIpc) is 3.62. The number of ether oxygens (including phenoxy) is 1. The van der Waals surface area contributed by atoms with Gasteiger partial charge in [-0.15, -0.1) is 0 Å². The second-order valence-electron chi connectivity index (χ2n) is 26.9. The molecule has 7 heteroatoms. The van der Waals surface area contributed by atoms with E-state index in [2.05, 4.69) is 101 Å². The third kappa shape index (κ3) is 23.6. The third-order valence-electron chi connectivity index (χ3n) is 19.1. The summed E-state index contributed by atoms with van der Waals surface area (Å²) in [6.07, 6.45) is 25.7. The predicted octanol–water partition coefficient (Wildman–Crippen LogP) is 17.1. The first-order chi connectivity index (χ1) is 35.7. The molecule has 1 aliphatic heterocycles. The average molecular weight is 1070 g/mol. The van der Waals surface area contributed by atoms with E-state index in [-0.39, 0.29) is 34.4 Å². The number of carbonyl (C=O) groups excluding carboxylic acids is 3. The van der Waals surface area contributed by atoms with E-state index >= 15 is 0 Å². The van der Waals surface area contributed by atoms with Crippen LogP contribution in [0, 0.1) is 64.1 Å². The van der Waals surface area contributed by atoms with Gasteiger partial charge in [0.1, 0.15) is 12.1 Å². The number of carbonyl (C=O) groups is 3. The lowest BCUT2D eigenvalue weighted by atomic mass is 9.78. The first-order valence-electron chi connectivity index (χ1n) is 29.8. The summed E-state index contributed by atoms with van der Waals surface area (Å²) in [4.78, 5) is 33.1. The van der Waals surface area contributed by atoms with Crippen LogP contribution in [-0.2, 0) is 19.1 Å². The highest BCUT2D eigenvalue weighted by molar-refractivity contribution is 5.95. The number of aliphatic hydroxyl groups is 3. The lowest BCUT2D eigenvalue weighted by Gasteiger charge is -2.31. The molecule has 1 heterocycles. The van der Waals surface area contributed by atoms with Crippen LogP contribution in [0.4, 0.5) is 0 Å². The van der Waals surface area contributed by atoms with Crippen molar-refractivity contribution in [3.8, 4) is 0 Å². The Kier molecular flexibility index (Phi) is 29.0. The molecule has 77 heavy (non-hydrogen) atoms. The van der Waals surface area contributed by atoms with Crippen LogP contribution in [0.5, 0.6) is 0 Å². The van der Waals surface area contributed by atoms with Crippen LogP contribution in [0.15, 0.2) is 108 Å². The summed E-state index contributed by atoms with van der Waals surface area (Å²) < 4.78 is 5.60. The van der Waals surface area contributed by atoms with E-state index in [0.717, 1.165) is 112 Å². The Hall–Kier alpha value is -3.49. The number of Topliss-reactive ketones (excluding diaryl/α,β-unsaturated/α-hetero) is 2. The number of rotatable bonds is 9. The van der Waals surface area contributed by atoms with E-state index < -0.39 is 0 Å². The van der Waals surface area contributed by atoms with E-state index in [0.29, 0.717) is 72.3 Å². The zero-order valence-electron chi connectivity index (χ0n) is 51.7. The molecule has 0 spiro atoms. The molecule has 8 rings (SSSR count). The Morgan fingerprint density at radius 1 is 0.597 bits per heavy atom. The highest BCUT2D eigenvalue weighted by atomic mass is 16.6.